The van der Waals surface area contributed by atoms with Gasteiger partial charge < -0.3 is 0 Å². The Kier molecular flexibility index (Phi) is 8.22. The lowest BCUT2D eigenvalue weighted by Gasteiger charge is -2.17. The molecule has 0 atom stereocenters. The second kappa shape index (κ2) is 14.2. The quantitative estimate of drug-likeness (QED) is 0.168. The van der Waals surface area contributed by atoms with Gasteiger partial charge in [-0.3, -0.25) is 0 Å². The Labute approximate surface area is 354 Å². The molecule has 3 aromatic heterocycles. The van der Waals surface area contributed by atoms with Crippen LogP contribution < -0.4 is 0 Å². The van der Waals surface area contributed by atoms with E-state index in [9.17, 15) is 0 Å². The average Bonchev–Trinajstić information content (AvgIpc) is 3.90. The molecule has 60 heavy (non-hydrogen) atoms. The van der Waals surface area contributed by atoms with Crippen LogP contribution in [0.25, 0.3) is 119 Å². The highest BCUT2D eigenvalue weighted by Crippen LogP contribution is 2.45. The standard InChI is InChI=1S/C55H33N3S2/c1-3-15-34(16-4-1)36-19-11-20-37(33-36)39-31-32-40-38(35-17-5-2-6-18-35)23-12-24-43(40)50(39)55-57-53(46-27-13-25-44-41-21-7-9-29-48(41)59-51(44)46)56-54(58-55)47-28-14-26-45-42-22-8-10-30-49(42)60-52(45)47/h1-33H. The first kappa shape index (κ1) is 34.7. The summed E-state index contributed by atoms with van der Waals surface area (Å²) in [6.07, 6.45) is 0. The molecular formula is C55H33N3S2. The summed E-state index contributed by atoms with van der Waals surface area (Å²) in [6.45, 7) is 0. The summed E-state index contributed by atoms with van der Waals surface area (Å²) in [4.78, 5) is 16.5. The van der Waals surface area contributed by atoms with Gasteiger partial charge in [0.25, 0.3) is 0 Å². The maximum atomic E-state index is 5.55. The van der Waals surface area contributed by atoms with E-state index >= 15 is 0 Å². The predicted molar refractivity (Wildman–Crippen MR) is 256 cm³/mol. The van der Waals surface area contributed by atoms with Crippen molar-refractivity contribution < 1.29 is 0 Å². The molecule has 12 aromatic rings. The SMILES string of the molecule is c1ccc(-c2cccc(-c3ccc4c(-c5ccccc5)cccc4c3-c3nc(-c4cccc5c4sc4ccccc45)nc(-c4cccc5c4sc4ccccc45)n3)c2)cc1. The molecule has 0 N–H and O–H groups in total. The fourth-order valence-electron chi connectivity index (χ4n) is 8.78. The molecule has 0 aliphatic carbocycles. The molecule has 0 spiro atoms. The summed E-state index contributed by atoms with van der Waals surface area (Å²) in [5.74, 6) is 1.96. The van der Waals surface area contributed by atoms with Crippen LogP contribution in [0.4, 0.5) is 0 Å². The highest BCUT2D eigenvalue weighted by Gasteiger charge is 2.23. The van der Waals surface area contributed by atoms with Crippen molar-refractivity contribution in [1.82, 2.24) is 15.0 Å². The Morgan fingerprint density at radius 2 is 0.733 bits per heavy atom. The summed E-state index contributed by atoms with van der Waals surface area (Å²) in [5.41, 5.74) is 9.80. The molecular weight excluding hydrogens is 767 g/mol. The number of aromatic nitrogens is 3. The lowest BCUT2D eigenvalue weighted by atomic mass is 9.89. The van der Waals surface area contributed by atoms with E-state index in [1.54, 1.807) is 22.7 Å². The van der Waals surface area contributed by atoms with Gasteiger partial charge in [0.2, 0.25) is 0 Å². The largest absolute Gasteiger partial charge is 0.208 e. The molecule has 0 aliphatic heterocycles. The average molecular weight is 800 g/mol. The molecule has 12 rings (SSSR count). The van der Waals surface area contributed by atoms with Crippen molar-refractivity contribution in [2.45, 2.75) is 0 Å². The van der Waals surface area contributed by atoms with Gasteiger partial charge in [-0.15, -0.1) is 22.7 Å². The van der Waals surface area contributed by atoms with Crippen LogP contribution in [0.1, 0.15) is 0 Å². The van der Waals surface area contributed by atoms with E-state index in [0.717, 1.165) is 49.7 Å². The third kappa shape index (κ3) is 5.74. The van der Waals surface area contributed by atoms with Crippen molar-refractivity contribution in [3.05, 3.63) is 200 Å². The van der Waals surface area contributed by atoms with Crippen molar-refractivity contribution in [2.24, 2.45) is 0 Å². The van der Waals surface area contributed by atoms with Gasteiger partial charge in [-0.05, 0) is 74.5 Å². The van der Waals surface area contributed by atoms with Crippen molar-refractivity contribution in [2.75, 3.05) is 0 Å². The topological polar surface area (TPSA) is 38.7 Å². The number of rotatable bonds is 6. The third-order valence-electron chi connectivity index (χ3n) is 11.6. The maximum absolute atomic E-state index is 5.55. The van der Waals surface area contributed by atoms with Crippen molar-refractivity contribution in [1.29, 1.82) is 0 Å². The first-order valence-corrected chi connectivity index (χ1v) is 21.7. The molecule has 0 amide bonds. The van der Waals surface area contributed by atoms with Crippen LogP contribution in [0.2, 0.25) is 0 Å². The molecule has 0 aliphatic rings. The molecule has 5 heteroatoms. The number of thiophene rings is 2. The van der Waals surface area contributed by atoms with Crippen molar-refractivity contribution in [3.63, 3.8) is 0 Å². The Hall–Kier alpha value is -7.31. The molecule has 3 heterocycles. The van der Waals surface area contributed by atoms with E-state index < -0.39 is 0 Å². The lowest BCUT2D eigenvalue weighted by molar-refractivity contribution is 1.08. The lowest BCUT2D eigenvalue weighted by Crippen LogP contribution is -2.02. The van der Waals surface area contributed by atoms with Crippen LogP contribution in [0.5, 0.6) is 0 Å². The number of fused-ring (bicyclic) bond motifs is 7. The Morgan fingerprint density at radius 1 is 0.267 bits per heavy atom. The molecule has 3 nitrogen and oxygen atoms in total. The molecule has 0 bridgehead atoms. The first-order valence-electron chi connectivity index (χ1n) is 20.1. The minimum absolute atomic E-state index is 0.641. The van der Waals surface area contributed by atoms with Gasteiger partial charge >= 0.3 is 0 Å². The van der Waals surface area contributed by atoms with Crippen LogP contribution in [-0.2, 0) is 0 Å². The Bertz CT molecular complexity index is 3470. The minimum atomic E-state index is 0.641. The third-order valence-corrected chi connectivity index (χ3v) is 14.0. The maximum Gasteiger partial charge on any atom is 0.165 e. The highest BCUT2D eigenvalue weighted by molar-refractivity contribution is 7.26. The first-order chi connectivity index (χ1) is 29.7. The summed E-state index contributed by atoms with van der Waals surface area (Å²) < 4.78 is 4.82. The zero-order valence-corrected chi connectivity index (χ0v) is 33.8. The van der Waals surface area contributed by atoms with Gasteiger partial charge in [-0.1, -0.05) is 170 Å². The smallest absolute Gasteiger partial charge is 0.165 e. The number of nitrogens with zero attached hydrogens (tertiary/aromatic N) is 3. The minimum Gasteiger partial charge on any atom is -0.208 e. The van der Waals surface area contributed by atoms with Crippen LogP contribution in [0.15, 0.2) is 200 Å². The van der Waals surface area contributed by atoms with Gasteiger partial charge in [-0.25, -0.2) is 15.0 Å². The van der Waals surface area contributed by atoms with Gasteiger partial charge in [0.1, 0.15) is 0 Å². The fourth-order valence-corrected chi connectivity index (χ4v) is 11.2. The molecule has 0 radical (unpaired) electrons. The van der Waals surface area contributed by atoms with E-state index in [4.69, 9.17) is 15.0 Å². The van der Waals surface area contributed by atoms with E-state index in [2.05, 4.69) is 200 Å². The molecule has 9 aromatic carbocycles. The number of benzene rings is 9. The molecule has 0 unspecified atom stereocenters. The van der Waals surface area contributed by atoms with Crippen molar-refractivity contribution >= 4 is 73.8 Å². The van der Waals surface area contributed by atoms with E-state index in [0.29, 0.717) is 17.5 Å². The fraction of sp³-hybridized carbons (Fsp3) is 0. The number of hydrogen-bond donors (Lipinski definition) is 0. The van der Waals surface area contributed by atoms with Gasteiger partial charge in [-0.2, -0.15) is 0 Å². The summed E-state index contributed by atoms with van der Waals surface area (Å²) in [5, 5.41) is 7.13. The van der Waals surface area contributed by atoms with E-state index in [1.807, 2.05) is 0 Å². The Balaban J connectivity index is 1.18. The number of hydrogen-bond acceptors (Lipinski definition) is 5. The van der Waals surface area contributed by atoms with Crippen LogP contribution >= 0.6 is 22.7 Å². The van der Waals surface area contributed by atoms with E-state index in [-0.39, 0.29) is 0 Å². The monoisotopic (exact) mass is 799 g/mol. The molecule has 0 fully saturated rings. The zero-order chi connectivity index (χ0) is 39.6. The second-order valence-electron chi connectivity index (χ2n) is 15.1. The van der Waals surface area contributed by atoms with Crippen LogP contribution in [-0.4, -0.2) is 15.0 Å². The van der Waals surface area contributed by atoms with E-state index in [1.165, 1.54) is 51.5 Å². The normalized spacial score (nSPS) is 11.7. The summed E-state index contributed by atoms with van der Waals surface area (Å²) in [6, 6.07) is 71.5. The van der Waals surface area contributed by atoms with Crippen LogP contribution in [0.3, 0.4) is 0 Å². The second-order valence-corrected chi connectivity index (χ2v) is 17.2. The molecule has 0 saturated heterocycles. The molecule has 280 valence electrons. The summed E-state index contributed by atoms with van der Waals surface area (Å²) in [7, 11) is 0. The summed E-state index contributed by atoms with van der Waals surface area (Å²) >= 11 is 3.59. The van der Waals surface area contributed by atoms with Crippen LogP contribution in [0, 0.1) is 0 Å². The highest BCUT2D eigenvalue weighted by atomic mass is 32.1. The van der Waals surface area contributed by atoms with Gasteiger partial charge in [0, 0.05) is 57.0 Å². The molecule has 0 saturated carbocycles. The predicted octanol–water partition coefficient (Wildman–Crippen LogP) is 15.8. The Morgan fingerprint density at radius 3 is 1.37 bits per heavy atom. The zero-order valence-electron chi connectivity index (χ0n) is 32.2. The van der Waals surface area contributed by atoms with Crippen molar-refractivity contribution in [3.8, 4) is 67.5 Å². The van der Waals surface area contributed by atoms with Gasteiger partial charge in [0.05, 0.1) is 0 Å². The van der Waals surface area contributed by atoms with Gasteiger partial charge in [0.15, 0.2) is 17.5 Å².